The lowest BCUT2D eigenvalue weighted by molar-refractivity contribution is 0.256. The van der Waals surface area contributed by atoms with Crippen molar-refractivity contribution in [3.05, 3.63) is 29.8 Å². The van der Waals surface area contributed by atoms with Crippen molar-refractivity contribution in [2.45, 2.75) is 37.8 Å². The van der Waals surface area contributed by atoms with Gasteiger partial charge in [0.05, 0.1) is 4.90 Å². The second-order valence-corrected chi connectivity index (χ2v) is 6.75. The van der Waals surface area contributed by atoms with E-state index < -0.39 is 10.0 Å². The second-order valence-electron chi connectivity index (χ2n) is 4.98. The van der Waals surface area contributed by atoms with Crippen LogP contribution >= 0.6 is 0 Å². The number of hydrogen-bond acceptors (Lipinski definition) is 4. The summed E-state index contributed by atoms with van der Waals surface area (Å²) >= 11 is 0. The zero-order valence-corrected chi connectivity index (χ0v) is 13.3. The number of benzene rings is 1. The van der Waals surface area contributed by atoms with Crippen LogP contribution in [0.4, 0.5) is 0 Å². The predicted molar refractivity (Wildman–Crippen MR) is 81.9 cm³/mol. The fourth-order valence-electron chi connectivity index (χ4n) is 1.78. The van der Waals surface area contributed by atoms with Gasteiger partial charge >= 0.3 is 0 Å². The maximum atomic E-state index is 12.1. The first-order valence-electron chi connectivity index (χ1n) is 6.89. The third kappa shape index (κ3) is 4.86. The summed E-state index contributed by atoms with van der Waals surface area (Å²) in [5.74, 6) is 0. The predicted octanol–water partition coefficient (Wildman–Crippen LogP) is 1.15. The van der Waals surface area contributed by atoms with Crippen LogP contribution in [-0.2, 0) is 16.6 Å². The largest absolute Gasteiger partial charge is 0.326 e. The molecule has 0 aliphatic rings. The van der Waals surface area contributed by atoms with Crippen LogP contribution in [0.2, 0.25) is 0 Å². The van der Waals surface area contributed by atoms with Crippen molar-refractivity contribution in [2.75, 3.05) is 20.1 Å². The van der Waals surface area contributed by atoms with Crippen molar-refractivity contribution in [1.82, 2.24) is 9.62 Å². The SMILES string of the molecule is CCC(C)N(C)CCNS(=O)(=O)c1ccc(CN)cc1. The maximum Gasteiger partial charge on any atom is 0.240 e. The van der Waals surface area contributed by atoms with Gasteiger partial charge in [-0.3, -0.25) is 0 Å². The average molecular weight is 299 g/mol. The molecule has 0 radical (unpaired) electrons. The first kappa shape index (κ1) is 17.1. The van der Waals surface area contributed by atoms with Crippen LogP contribution < -0.4 is 10.5 Å². The van der Waals surface area contributed by atoms with Crippen molar-refractivity contribution >= 4 is 10.0 Å². The molecule has 0 bridgehead atoms. The van der Waals surface area contributed by atoms with Gasteiger partial charge in [-0.15, -0.1) is 0 Å². The first-order chi connectivity index (χ1) is 9.40. The van der Waals surface area contributed by atoms with E-state index in [9.17, 15) is 8.42 Å². The summed E-state index contributed by atoms with van der Waals surface area (Å²) in [4.78, 5) is 2.42. The summed E-state index contributed by atoms with van der Waals surface area (Å²) in [5, 5.41) is 0. The molecule has 6 heteroatoms. The van der Waals surface area contributed by atoms with E-state index in [0.29, 0.717) is 25.7 Å². The van der Waals surface area contributed by atoms with Gasteiger partial charge in [0.1, 0.15) is 0 Å². The number of nitrogens with one attached hydrogen (secondary N) is 1. The number of nitrogens with zero attached hydrogens (tertiary/aromatic N) is 1. The molecule has 1 aromatic carbocycles. The van der Waals surface area contributed by atoms with Crippen LogP contribution in [-0.4, -0.2) is 39.5 Å². The lowest BCUT2D eigenvalue weighted by atomic mass is 10.2. The van der Waals surface area contributed by atoms with Crippen LogP contribution in [0.25, 0.3) is 0 Å². The molecule has 114 valence electrons. The monoisotopic (exact) mass is 299 g/mol. The third-order valence-electron chi connectivity index (χ3n) is 3.57. The Kier molecular flexibility index (Phi) is 6.61. The molecule has 0 aliphatic carbocycles. The molecule has 1 unspecified atom stereocenters. The summed E-state index contributed by atoms with van der Waals surface area (Å²) in [5.41, 5.74) is 6.41. The zero-order chi connectivity index (χ0) is 15.2. The molecule has 0 fully saturated rings. The van der Waals surface area contributed by atoms with Gasteiger partial charge in [0.2, 0.25) is 10.0 Å². The molecule has 1 atom stereocenters. The minimum atomic E-state index is -3.43. The minimum Gasteiger partial charge on any atom is -0.326 e. The smallest absolute Gasteiger partial charge is 0.240 e. The Balaban J connectivity index is 2.57. The number of hydrogen-bond donors (Lipinski definition) is 2. The van der Waals surface area contributed by atoms with Gasteiger partial charge in [0.15, 0.2) is 0 Å². The van der Waals surface area contributed by atoms with Gasteiger partial charge in [-0.25, -0.2) is 13.1 Å². The standard InChI is InChI=1S/C14H25N3O2S/c1-4-12(2)17(3)10-9-16-20(18,19)14-7-5-13(11-15)6-8-14/h5-8,12,16H,4,9-11,15H2,1-3H3. The Morgan fingerprint density at radius 3 is 2.40 bits per heavy atom. The summed E-state index contributed by atoms with van der Waals surface area (Å²) in [6.45, 7) is 5.74. The Labute approximate surface area is 122 Å². The molecule has 0 saturated carbocycles. The lowest BCUT2D eigenvalue weighted by Crippen LogP contribution is -2.37. The zero-order valence-electron chi connectivity index (χ0n) is 12.5. The highest BCUT2D eigenvalue weighted by Crippen LogP contribution is 2.10. The molecule has 0 aromatic heterocycles. The van der Waals surface area contributed by atoms with Crippen molar-refractivity contribution < 1.29 is 8.42 Å². The molecule has 0 spiro atoms. The van der Waals surface area contributed by atoms with Crippen LogP contribution in [0.5, 0.6) is 0 Å². The van der Waals surface area contributed by atoms with E-state index >= 15 is 0 Å². The highest BCUT2D eigenvalue weighted by Gasteiger charge is 2.14. The maximum absolute atomic E-state index is 12.1. The first-order valence-corrected chi connectivity index (χ1v) is 8.38. The summed E-state index contributed by atoms with van der Waals surface area (Å²) in [7, 11) is -1.43. The Hall–Kier alpha value is -0.950. The van der Waals surface area contributed by atoms with Gasteiger partial charge in [-0.2, -0.15) is 0 Å². The number of sulfonamides is 1. The van der Waals surface area contributed by atoms with E-state index in [0.717, 1.165) is 12.0 Å². The van der Waals surface area contributed by atoms with Gasteiger partial charge < -0.3 is 10.6 Å². The van der Waals surface area contributed by atoms with Crippen LogP contribution in [0.3, 0.4) is 0 Å². The third-order valence-corrected chi connectivity index (χ3v) is 5.05. The Morgan fingerprint density at radius 2 is 1.90 bits per heavy atom. The Morgan fingerprint density at radius 1 is 1.30 bits per heavy atom. The second kappa shape index (κ2) is 7.73. The van der Waals surface area contributed by atoms with Crippen LogP contribution in [0.1, 0.15) is 25.8 Å². The normalized spacial score (nSPS) is 13.7. The van der Waals surface area contributed by atoms with E-state index in [1.807, 2.05) is 7.05 Å². The van der Waals surface area contributed by atoms with Gasteiger partial charge in [-0.1, -0.05) is 19.1 Å². The molecular weight excluding hydrogens is 274 g/mol. The van der Waals surface area contributed by atoms with E-state index in [1.54, 1.807) is 24.3 Å². The van der Waals surface area contributed by atoms with Crippen molar-refractivity contribution in [3.8, 4) is 0 Å². The molecular formula is C14H25N3O2S. The van der Waals surface area contributed by atoms with Gasteiger partial charge in [0, 0.05) is 25.7 Å². The molecule has 0 aliphatic heterocycles. The summed E-state index contributed by atoms with van der Waals surface area (Å²) in [6, 6.07) is 7.09. The number of nitrogens with two attached hydrogens (primary N) is 1. The fourth-order valence-corrected chi connectivity index (χ4v) is 2.80. The molecule has 0 saturated heterocycles. The molecule has 0 amide bonds. The molecule has 1 aromatic rings. The molecule has 20 heavy (non-hydrogen) atoms. The van der Waals surface area contributed by atoms with E-state index in [1.165, 1.54) is 0 Å². The summed E-state index contributed by atoms with van der Waals surface area (Å²) < 4.78 is 26.8. The molecule has 0 heterocycles. The number of rotatable bonds is 8. The van der Waals surface area contributed by atoms with Crippen molar-refractivity contribution in [2.24, 2.45) is 5.73 Å². The van der Waals surface area contributed by atoms with Gasteiger partial charge in [-0.05, 0) is 38.1 Å². The van der Waals surface area contributed by atoms with E-state index in [4.69, 9.17) is 5.73 Å². The van der Waals surface area contributed by atoms with Crippen molar-refractivity contribution in [3.63, 3.8) is 0 Å². The molecule has 5 nitrogen and oxygen atoms in total. The topological polar surface area (TPSA) is 75.4 Å². The highest BCUT2D eigenvalue weighted by atomic mass is 32.2. The van der Waals surface area contributed by atoms with E-state index in [-0.39, 0.29) is 4.90 Å². The van der Waals surface area contributed by atoms with E-state index in [2.05, 4.69) is 23.5 Å². The van der Waals surface area contributed by atoms with Crippen molar-refractivity contribution in [1.29, 1.82) is 0 Å². The Bertz CT molecular complexity index is 500. The molecule has 1 rings (SSSR count). The van der Waals surface area contributed by atoms with Gasteiger partial charge in [0.25, 0.3) is 0 Å². The lowest BCUT2D eigenvalue weighted by Gasteiger charge is -2.23. The number of likely N-dealkylation sites (N-methyl/N-ethyl adjacent to an activating group) is 1. The summed E-state index contributed by atoms with van der Waals surface area (Å²) in [6.07, 6.45) is 1.05. The fraction of sp³-hybridized carbons (Fsp3) is 0.571. The minimum absolute atomic E-state index is 0.279. The molecule has 3 N–H and O–H groups in total. The highest BCUT2D eigenvalue weighted by molar-refractivity contribution is 7.89. The quantitative estimate of drug-likeness (QED) is 0.755. The average Bonchev–Trinajstić information content (AvgIpc) is 2.46. The van der Waals surface area contributed by atoms with Crippen LogP contribution in [0, 0.1) is 0 Å². The van der Waals surface area contributed by atoms with Crippen LogP contribution in [0.15, 0.2) is 29.2 Å².